The molecule has 0 heterocycles. The summed E-state index contributed by atoms with van der Waals surface area (Å²) in [6, 6.07) is 6.43. The second kappa shape index (κ2) is 6.97. The smallest absolute Gasteiger partial charge is 0.161 e. The van der Waals surface area contributed by atoms with Gasteiger partial charge in [-0.2, -0.15) is 0 Å². The van der Waals surface area contributed by atoms with Gasteiger partial charge in [-0.3, -0.25) is 0 Å². The second-order valence-corrected chi connectivity index (χ2v) is 4.12. The normalized spacial score (nSPS) is 10.4. The lowest BCUT2D eigenvalue weighted by atomic mass is 10.2. The lowest BCUT2D eigenvalue weighted by Crippen LogP contribution is -2.21. The maximum absolute atomic E-state index is 5.55. The van der Waals surface area contributed by atoms with Crippen LogP contribution in [-0.2, 0) is 6.54 Å². The Balaban J connectivity index is 2.76. The van der Waals surface area contributed by atoms with E-state index in [9.17, 15) is 0 Å². The van der Waals surface area contributed by atoms with Gasteiger partial charge >= 0.3 is 0 Å². The Kier molecular flexibility index (Phi) is 5.57. The Bertz CT molecular complexity index is 361. The summed E-state index contributed by atoms with van der Waals surface area (Å²) in [5, 5.41) is 3.37. The monoisotopic (exact) mass is 235 g/mol. The molecule has 0 aliphatic rings. The lowest BCUT2D eigenvalue weighted by molar-refractivity contribution is 0.326. The third-order valence-electron chi connectivity index (χ3n) is 2.30. The molecular weight excluding hydrogens is 214 g/mol. The van der Waals surface area contributed by atoms with E-state index in [1.165, 1.54) is 5.56 Å². The third-order valence-corrected chi connectivity index (χ3v) is 2.30. The summed E-state index contributed by atoms with van der Waals surface area (Å²) in [6.45, 7) is 9.19. The van der Waals surface area contributed by atoms with Gasteiger partial charge in [0.15, 0.2) is 11.5 Å². The topological polar surface area (TPSA) is 30.5 Å². The minimum Gasteiger partial charge on any atom is -0.493 e. The molecule has 3 heteroatoms. The Morgan fingerprint density at radius 3 is 2.71 bits per heavy atom. The predicted molar refractivity (Wildman–Crippen MR) is 70.7 cm³/mol. The zero-order valence-corrected chi connectivity index (χ0v) is 10.8. The van der Waals surface area contributed by atoms with Gasteiger partial charge in [-0.05, 0) is 17.7 Å². The Labute approximate surface area is 103 Å². The van der Waals surface area contributed by atoms with E-state index in [-0.39, 0.29) is 0 Å². The number of ether oxygens (including phenoxy) is 2. The molecule has 94 valence electrons. The minimum atomic E-state index is 0.467. The summed E-state index contributed by atoms with van der Waals surface area (Å²) in [5.41, 5.74) is 1.18. The number of hydrogen-bond acceptors (Lipinski definition) is 3. The van der Waals surface area contributed by atoms with E-state index in [1.54, 1.807) is 13.2 Å². The van der Waals surface area contributed by atoms with Crippen LogP contribution in [0.5, 0.6) is 11.5 Å². The van der Waals surface area contributed by atoms with E-state index in [1.807, 2.05) is 18.2 Å². The largest absolute Gasteiger partial charge is 0.493 e. The predicted octanol–water partition coefficient (Wildman–Crippen LogP) is 2.76. The summed E-state index contributed by atoms with van der Waals surface area (Å²) in [4.78, 5) is 0. The first kappa shape index (κ1) is 13.6. The fourth-order valence-corrected chi connectivity index (χ4v) is 1.41. The summed E-state index contributed by atoms with van der Waals surface area (Å²) in [6.07, 6.45) is 1.72. The van der Waals surface area contributed by atoms with Gasteiger partial charge in [0.25, 0.3) is 0 Å². The van der Waals surface area contributed by atoms with Crippen LogP contribution in [0.1, 0.15) is 19.4 Å². The molecule has 0 spiro atoms. The van der Waals surface area contributed by atoms with E-state index < -0.39 is 0 Å². The zero-order valence-electron chi connectivity index (χ0n) is 10.8. The van der Waals surface area contributed by atoms with Crippen LogP contribution in [-0.4, -0.2) is 19.8 Å². The van der Waals surface area contributed by atoms with E-state index in [2.05, 4.69) is 25.7 Å². The van der Waals surface area contributed by atoms with Gasteiger partial charge in [0, 0.05) is 12.6 Å². The van der Waals surface area contributed by atoms with Crippen LogP contribution in [0, 0.1) is 0 Å². The summed E-state index contributed by atoms with van der Waals surface area (Å²) in [5.74, 6) is 1.51. The summed E-state index contributed by atoms with van der Waals surface area (Å²) >= 11 is 0. The molecule has 0 saturated carbocycles. The highest BCUT2D eigenvalue weighted by atomic mass is 16.5. The maximum Gasteiger partial charge on any atom is 0.161 e. The highest BCUT2D eigenvalue weighted by Gasteiger charge is 2.05. The molecule has 0 amide bonds. The molecule has 0 fully saturated rings. The average Bonchev–Trinajstić information content (AvgIpc) is 2.33. The van der Waals surface area contributed by atoms with Crippen LogP contribution >= 0.6 is 0 Å². The lowest BCUT2D eigenvalue weighted by Gasteiger charge is -2.12. The van der Waals surface area contributed by atoms with Crippen LogP contribution in [0.4, 0.5) is 0 Å². The molecule has 0 atom stereocenters. The van der Waals surface area contributed by atoms with Gasteiger partial charge in [-0.25, -0.2) is 0 Å². The van der Waals surface area contributed by atoms with Crippen LogP contribution in [0.3, 0.4) is 0 Å². The van der Waals surface area contributed by atoms with Gasteiger partial charge in [-0.1, -0.05) is 32.6 Å². The molecule has 1 N–H and O–H groups in total. The Morgan fingerprint density at radius 1 is 1.35 bits per heavy atom. The molecule has 17 heavy (non-hydrogen) atoms. The van der Waals surface area contributed by atoms with Crippen molar-refractivity contribution in [2.45, 2.75) is 26.4 Å². The molecule has 0 aromatic heterocycles. The first-order valence-corrected chi connectivity index (χ1v) is 5.81. The SMILES string of the molecule is C=CCOc1cc(CNC(C)C)ccc1OC. The third kappa shape index (κ3) is 4.49. The van der Waals surface area contributed by atoms with Crippen molar-refractivity contribution in [3.8, 4) is 11.5 Å². The van der Waals surface area contributed by atoms with Crippen molar-refractivity contribution in [3.63, 3.8) is 0 Å². The minimum absolute atomic E-state index is 0.467. The molecule has 0 aliphatic carbocycles. The Morgan fingerprint density at radius 2 is 2.12 bits per heavy atom. The molecule has 0 radical (unpaired) electrons. The van der Waals surface area contributed by atoms with Gasteiger partial charge in [-0.15, -0.1) is 0 Å². The van der Waals surface area contributed by atoms with Crippen molar-refractivity contribution >= 4 is 0 Å². The quantitative estimate of drug-likeness (QED) is 0.737. The Hall–Kier alpha value is -1.48. The van der Waals surface area contributed by atoms with E-state index in [0.717, 1.165) is 18.0 Å². The van der Waals surface area contributed by atoms with Crippen LogP contribution in [0.25, 0.3) is 0 Å². The van der Waals surface area contributed by atoms with Gasteiger partial charge in [0.1, 0.15) is 6.61 Å². The number of benzene rings is 1. The molecule has 1 aromatic carbocycles. The van der Waals surface area contributed by atoms with E-state index >= 15 is 0 Å². The highest BCUT2D eigenvalue weighted by molar-refractivity contribution is 5.43. The van der Waals surface area contributed by atoms with Crippen molar-refractivity contribution in [1.82, 2.24) is 5.32 Å². The van der Waals surface area contributed by atoms with Crippen molar-refractivity contribution in [2.24, 2.45) is 0 Å². The molecule has 0 aliphatic heterocycles. The number of hydrogen-bond donors (Lipinski definition) is 1. The first-order valence-electron chi connectivity index (χ1n) is 5.81. The van der Waals surface area contributed by atoms with Crippen LogP contribution < -0.4 is 14.8 Å². The van der Waals surface area contributed by atoms with E-state index in [4.69, 9.17) is 9.47 Å². The van der Waals surface area contributed by atoms with Crippen molar-refractivity contribution in [2.75, 3.05) is 13.7 Å². The molecule has 1 rings (SSSR count). The van der Waals surface area contributed by atoms with Crippen LogP contribution in [0.15, 0.2) is 30.9 Å². The first-order chi connectivity index (χ1) is 8.17. The fourth-order valence-electron chi connectivity index (χ4n) is 1.41. The molecule has 3 nitrogen and oxygen atoms in total. The van der Waals surface area contributed by atoms with Crippen LogP contribution in [0.2, 0.25) is 0 Å². The number of rotatable bonds is 7. The molecule has 1 aromatic rings. The van der Waals surface area contributed by atoms with Crippen molar-refractivity contribution in [1.29, 1.82) is 0 Å². The van der Waals surface area contributed by atoms with Gasteiger partial charge in [0.2, 0.25) is 0 Å². The van der Waals surface area contributed by atoms with Gasteiger partial charge in [0.05, 0.1) is 7.11 Å². The van der Waals surface area contributed by atoms with E-state index in [0.29, 0.717) is 12.6 Å². The summed E-state index contributed by atoms with van der Waals surface area (Å²) < 4.78 is 10.8. The standard InChI is InChI=1S/C14H21NO2/c1-5-8-17-14-9-12(10-15-11(2)3)6-7-13(14)16-4/h5-7,9,11,15H,1,8,10H2,2-4H3. The molecule has 0 saturated heterocycles. The second-order valence-electron chi connectivity index (χ2n) is 4.12. The van der Waals surface area contributed by atoms with Crippen molar-refractivity contribution < 1.29 is 9.47 Å². The number of nitrogens with one attached hydrogen (secondary N) is 1. The van der Waals surface area contributed by atoms with Gasteiger partial charge < -0.3 is 14.8 Å². The average molecular weight is 235 g/mol. The van der Waals surface area contributed by atoms with Crippen molar-refractivity contribution in [3.05, 3.63) is 36.4 Å². The fraction of sp³-hybridized carbons (Fsp3) is 0.429. The summed E-state index contributed by atoms with van der Waals surface area (Å²) in [7, 11) is 1.64. The molecular formula is C14H21NO2. The number of methoxy groups -OCH3 is 1. The maximum atomic E-state index is 5.55. The molecule has 0 unspecified atom stereocenters. The molecule has 0 bridgehead atoms. The zero-order chi connectivity index (χ0) is 12.7. The highest BCUT2D eigenvalue weighted by Crippen LogP contribution is 2.28.